The Morgan fingerprint density at radius 1 is 1.03 bits per heavy atom. The molecule has 7 heteroatoms. The van der Waals surface area contributed by atoms with E-state index in [9.17, 15) is 9.18 Å². The number of hydrogen-bond donors (Lipinski definition) is 1. The molecule has 0 saturated heterocycles. The molecule has 4 aromatic rings. The number of aromatic nitrogens is 2. The van der Waals surface area contributed by atoms with E-state index in [0.717, 1.165) is 16.7 Å². The van der Waals surface area contributed by atoms with Crippen molar-refractivity contribution in [3.8, 4) is 22.4 Å². The number of carbonyl (C=O) groups excluding carboxylic acids is 1. The summed E-state index contributed by atoms with van der Waals surface area (Å²) in [6.07, 6.45) is 3.29. The van der Waals surface area contributed by atoms with Gasteiger partial charge in [0, 0.05) is 23.0 Å². The van der Waals surface area contributed by atoms with Gasteiger partial charge in [0.25, 0.3) is 0 Å². The van der Waals surface area contributed by atoms with E-state index in [1.165, 1.54) is 23.8 Å². The molecule has 156 valence electrons. The summed E-state index contributed by atoms with van der Waals surface area (Å²) in [5.74, 6) is -0.586. The molecular formula is C24H19ClFN3O2. The quantitative estimate of drug-likeness (QED) is 0.417. The maximum absolute atomic E-state index is 13.3. The third kappa shape index (κ3) is 4.49. The van der Waals surface area contributed by atoms with Gasteiger partial charge in [-0.2, -0.15) is 0 Å². The molecule has 0 spiro atoms. The number of carbonyl (C=O) groups is 1. The number of nitrogens with zero attached hydrogens (tertiary/aromatic N) is 2. The molecule has 0 aliphatic heterocycles. The van der Waals surface area contributed by atoms with Gasteiger partial charge in [0.05, 0.1) is 12.0 Å². The largest absolute Gasteiger partial charge is 0.337 e. The van der Waals surface area contributed by atoms with E-state index in [0.29, 0.717) is 16.8 Å². The number of hydrogen-bond acceptors (Lipinski definition) is 4. The van der Waals surface area contributed by atoms with Gasteiger partial charge in [-0.05, 0) is 66.4 Å². The summed E-state index contributed by atoms with van der Waals surface area (Å²) in [7, 11) is 0. The molecular weight excluding hydrogens is 417 g/mol. The van der Waals surface area contributed by atoms with E-state index in [1.54, 1.807) is 12.4 Å². The highest BCUT2D eigenvalue weighted by Crippen LogP contribution is 2.38. The minimum Gasteiger partial charge on any atom is -0.337 e. The summed E-state index contributed by atoms with van der Waals surface area (Å²) in [5.41, 5.74) is 5.76. The van der Waals surface area contributed by atoms with Gasteiger partial charge in [0.2, 0.25) is 11.8 Å². The highest BCUT2D eigenvalue weighted by atomic mass is 35.5. The second kappa shape index (κ2) is 8.70. The first kappa shape index (κ1) is 20.8. The van der Waals surface area contributed by atoms with Gasteiger partial charge < -0.3 is 4.52 Å². The molecule has 2 aromatic carbocycles. The lowest BCUT2D eigenvalue weighted by Crippen LogP contribution is -2.14. The van der Waals surface area contributed by atoms with Gasteiger partial charge in [0.15, 0.2) is 0 Å². The highest BCUT2D eigenvalue weighted by molar-refractivity contribution is 6.31. The van der Waals surface area contributed by atoms with Crippen LogP contribution in [0.5, 0.6) is 0 Å². The number of anilines is 1. The zero-order valence-corrected chi connectivity index (χ0v) is 17.7. The Kier molecular flexibility index (Phi) is 5.82. The average Bonchev–Trinajstić information content (AvgIpc) is 3.16. The molecule has 31 heavy (non-hydrogen) atoms. The third-order valence-corrected chi connectivity index (χ3v) is 5.41. The van der Waals surface area contributed by atoms with E-state index in [1.807, 2.05) is 44.2 Å². The smallest absolute Gasteiger partial charge is 0.239 e. The molecule has 1 N–H and O–H groups in total. The molecule has 2 aromatic heterocycles. The Balaban J connectivity index is 1.70. The Morgan fingerprint density at radius 2 is 1.81 bits per heavy atom. The minimum atomic E-state index is -0.456. The van der Waals surface area contributed by atoms with Crippen LogP contribution in [0.1, 0.15) is 16.7 Å². The molecule has 0 aliphatic rings. The van der Waals surface area contributed by atoms with Crippen molar-refractivity contribution in [2.75, 3.05) is 5.32 Å². The molecule has 2 heterocycles. The van der Waals surface area contributed by atoms with Gasteiger partial charge in [-0.1, -0.05) is 35.0 Å². The van der Waals surface area contributed by atoms with Crippen LogP contribution in [-0.2, 0) is 11.2 Å². The van der Waals surface area contributed by atoms with E-state index in [2.05, 4.69) is 15.5 Å². The fourth-order valence-electron chi connectivity index (χ4n) is 3.26. The van der Waals surface area contributed by atoms with Crippen LogP contribution < -0.4 is 5.32 Å². The Bertz CT molecular complexity index is 1260. The summed E-state index contributed by atoms with van der Waals surface area (Å²) in [6, 6.07) is 13.6. The second-order valence-electron chi connectivity index (χ2n) is 7.23. The van der Waals surface area contributed by atoms with Crippen molar-refractivity contribution in [1.82, 2.24) is 10.1 Å². The molecule has 0 radical (unpaired) electrons. The standard InChI is InChI=1S/C24H19ClFN3O2/c1-14-3-4-18(11-15(14)2)23-22(16-7-9-27-10-8-16)24(31-29-23)28-21(30)12-17-5-6-19(26)13-20(17)25/h3-11,13H,12H2,1-2H3,(H,28,30). The Morgan fingerprint density at radius 3 is 2.52 bits per heavy atom. The number of pyridine rings is 1. The number of aryl methyl sites for hydroxylation is 2. The van der Waals surface area contributed by atoms with Crippen LogP contribution in [0.4, 0.5) is 10.3 Å². The highest BCUT2D eigenvalue weighted by Gasteiger charge is 2.22. The number of amides is 1. The molecule has 0 fully saturated rings. The zero-order chi connectivity index (χ0) is 22.0. The molecule has 4 rings (SSSR count). The van der Waals surface area contributed by atoms with Crippen molar-refractivity contribution < 1.29 is 13.7 Å². The molecule has 0 atom stereocenters. The summed E-state index contributed by atoms with van der Waals surface area (Å²) in [6.45, 7) is 4.07. The zero-order valence-electron chi connectivity index (χ0n) is 16.9. The lowest BCUT2D eigenvalue weighted by molar-refractivity contribution is -0.115. The SMILES string of the molecule is Cc1ccc(-c2noc(NC(=O)Cc3ccc(F)cc3Cl)c2-c2ccncc2)cc1C. The van der Waals surface area contributed by atoms with Crippen LogP contribution in [0, 0.1) is 19.7 Å². The summed E-state index contributed by atoms with van der Waals surface area (Å²) >= 11 is 6.05. The maximum Gasteiger partial charge on any atom is 0.239 e. The van der Waals surface area contributed by atoms with Crippen LogP contribution in [0.25, 0.3) is 22.4 Å². The third-order valence-electron chi connectivity index (χ3n) is 5.06. The Labute approximate surface area is 183 Å². The van der Waals surface area contributed by atoms with Crippen molar-refractivity contribution in [1.29, 1.82) is 0 Å². The summed E-state index contributed by atoms with van der Waals surface area (Å²) in [4.78, 5) is 16.7. The maximum atomic E-state index is 13.3. The normalized spacial score (nSPS) is 10.8. The van der Waals surface area contributed by atoms with E-state index < -0.39 is 5.82 Å². The number of nitrogens with one attached hydrogen (secondary N) is 1. The van der Waals surface area contributed by atoms with Crippen LogP contribution >= 0.6 is 11.6 Å². The predicted molar refractivity (Wildman–Crippen MR) is 118 cm³/mol. The average molecular weight is 436 g/mol. The minimum absolute atomic E-state index is 0.0332. The molecule has 0 bridgehead atoms. The molecule has 5 nitrogen and oxygen atoms in total. The predicted octanol–water partition coefficient (Wildman–Crippen LogP) is 5.99. The molecule has 0 aliphatic carbocycles. The number of rotatable bonds is 5. The Hall–Kier alpha value is -3.51. The summed E-state index contributed by atoms with van der Waals surface area (Å²) < 4.78 is 18.8. The van der Waals surface area contributed by atoms with E-state index >= 15 is 0 Å². The lowest BCUT2D eigenvalue weighted by Gasteiger charge is -2.08. The lowest BCUT2D eigenvalue weighted by atomic mass is 9.98. The topological polar surface area (TPSA) is 68.0 Å². The van der Waals surface area contributed by atoms with Gasteiger partial charge in [0.1, 0.15) is 11.5 Å². The molecule has 0 saturated carbocycles. The molecule has 0 unspecified atom stereocenters. The van der Waals surface area contributed by atoms with Gasteiger partial charge >= 0.3 is 0 Å². The van der Waals surface area contributed by atoms with Crippen molar-refractivity contribution in [2.45, 2.75) is 20.3 Å². The van der Waals surface area contributed by atoms with Crippen LogP contribution in [0.15, 0.2) is 65.4 Å². The first-order chi connectivity index (χ1) is 14.9. The van der Waals surface area contributed by atoms with Gasteiger partial charge in [-0.15, -0.1) is 0 Å². The number of halogens is 2. The fourth-order valence-corrected chi connectivity index (χ4v) is 3.49. The van der Waals surface area contributed by atoms with Crippen LogP contribution in [0.3, 0.4) is 0 Å². The van der Waals surface area contributed by atoms with E-state index in [4.69, 9.17) is 16.1 Å². The monoisotopic (exact) mass is 435 g/mol. The van der Waals surface area contributed by atoms with Crippen molar-refractivity contribution in [3.63, 3.8) is 0 Å². The number of benzene rings is 2. The fraction of sp³-hybridized carbons (Fsp3) is 0.125. The first-order valence-electron chi connectivity index (χ1n) is 9.64. The van der Waals surface area contributed by atoms with E-state index in [-0.39, 0.29) is 23.2 Å². The summed E-state index contributed by atoms with van der Waals surface area (Å²) in [5, 5.41) is 7.20. The van der Waals surface area contributed by atoms with Crippen molar-refractivity contribution in [2.24, 2.45) is 0 Å². The molecule has 1 amide bonds. The van der Waals surface area contributed by atoms with Crippen molar-refractivity contribution in [3.05, 3.63) is 88.5 Å². The van der Waals surface area contributed by atoms with Gasteiger partial charge in [-0.25, -0.2) is 4.39 Å². The van der Waals surface area contributed by atoms with Crippen LogP contribution in [0.2, 0.25) is 5.02 Å². The van der Waals surface area contributed by atoms with Gasteiger partial charge in [-0.3, -0.25) is 15.1 Å². The second-order valence-corrected chi connectivity index (χ2v) is 7.64. The van der Waals surface area contributed by atoms with Crippen LogP contribution in [-0.4, -0.2) is 16.0 Å². The first-order valence-corrected chi connectivity index (χ1v) is 10.0. The van der Waals surface area contributed by atoms with Crippen molar-refractivity contribution >= 4 is 23.4 Å².